The van der Waals surface area contributed by atoms with Crippen LogP contribution in [0.4, 0.5) is 24.7 Å². The van der Waals surface area contributed by atoms with E-state index in [1.165, 1.54) is 36.7 Å². The van der Waals surface area contributed by atoms with Gasteiger partial charge in [0, 0.05) is 34.3 Å². The number of allylic oxidation sites excluding steroid dienone is 3. The highest BCUT2D eigenvalue weighted by atomic mass is 35.5. The van der Waals surface area contributed by atoms with Crippen molar-refractivity contribution in [2.24, 2.45) is 0 Å². The Bertz CT molecular complexity index is 1480. The van der Waals surface area contributed by atoms with Gasteiger partial charge in [-0.2, -0.15) is 13.2 Å². The minimum atomic E-state index is -4.46. The Morgan fingerprint density at radius 1 is 1.05 bits per heavy atom. The number of carboxylic acid groups (broad SMARTS) is 1. The monoisotopic (exact) mass is 556 g/mol. The van der Waals surface area contributed by atoms with E-state index >= 15 is 0 Å². The van der Waals surface area contributed by atoms with Gasteiger partial charge in [-0.3, -0.25) is 4.79 Å². The van der Waals surface area contributed by atoms with E-state index in [0.717, 1.165) is 13.0 Å². The van der Waals surface area contributed by atoms with Gasteiger partial charge in [0.15, 0.2) is 0 Å². The number of nitrogens with one attached hydrogen (secondary N) is 2. The summed E-state index contributed by atoms with van der Waals surface area (Å²) in [5.74, 6) is -1.39. The molecule has 39 heavy (non-hydrogen) atoms. The molecule has 0 spiro atoms. The van der Waals surface area contributed by atoms with Gasteiger partial charge in [-0.05, 0) is 61.9 Å². The Labute approximate surface area is 227 Å². The molecule has 1 amide bonds. The number of hydrogen-bond donors (Lipinski definition) is 3. The van der Waals surface area contributed by atoms with Crippen molar-refractivity contribution in [3.05, 3.63) is 106 Å². The first kappa shape index (κ1) is 29.1. The predicted octanol–water partition coefficient (Wildman–Crippen LogP) is 7.17. The van der Waals surface area contributed by atoms with E-state index in [2.05, 4.69) is 27.2 Å². The molecule has 0 aliphatic carbocycles. The largest absolute Gasteiger partial charge is 0.478 e. The Morgan fingerprint density at radius 2 is 1.77 bits per heavy atom. The average molecular weight is 557 g/mol. The number of hydrogen-bond acceptors (Lipinski definition) is 5. The van der Waals surface area contributed by atoms with Crippen LogP contribution in [-0.4, -0.2) is 39.7 Å². The van der Waals surface area contributed by atoms with Crippen molar-refractivity contribution in [3.63, 3.8) is 0 Å². The Balaban J connectivity index is 1.88. The van der Waals surface area contributed by atoms with Gasteiger partial charge in [0.2, 0.25) is 0 Å². The molecule has 3 N–H and O–H groups in total. The van der Waals surface area contributed by atoms with Crippen molar-refractivity contribution in [3.8, 4) is 11.3 Å². The van der Waals surface area contributed by atoms with E-state index in [1.807, 2.05) is 0 Å². The summed E-state index contributed by atoms with van der Waals surface area (Å²) in [6.45, 7) is 6.42. The van der Waals surface area contributed by atoms with Gasteiger partial charge < -0.3 is 15.7 Å². The molecule has 3 aromatic rings. The van der Waals surface area contributed by atoms with E-state index in [9.17, 15) is 27.9 Å². The smallest absolute Gasteiger partial charge is 0.412 e. The number of benzene rings is 2. The molecule has 0 radical (unpaired) electrons. The molecule has 2 aromatic carbocycles. The average Bonchev–Trinajstić information content (AvgIpc) is 2.87. The minimum absolute atomic E-state index is 0.0236. The third-order valence-electron chi connectivity index (χ3n) is 5.30. The van der Waals surface area contributed by atoms with Crippen LogP contribution in [-0.2, 0) is 0 Å². The lowest BCUT2D eigenvalue weighted by molar-refractivity contribution is -0.0913. The summed E-state index contributed by atoms with van der Waals surface area (Å²) >= 11 is 6.20. The number of halogens is 4. The number of rotatable bonds is 9. The van der Waals surface area contributed by atoms with Crippen LogP contribution in [0.25, 0.3) is 11.3 Å². The molecule has 0 bridgehead atoms. The fourth-order valence-corrected chi connectivity index (χ4v) is 3.61. The molecule has 1 aromatic heterocycles. The lowest BCUT2D eigenvalue weighted by Crippen LogP contribution is -2.14. The van der Waals surface area contributed by atoms with Gasteiger partial charge in [0.1, 0.15) is 12.1 Å². The van der Waals surface area contributed by atoms with Crippen LogP contribution in [0, 0.1) is 0 Å². The van der Waals surface area contributed by atoms with Crippen molar-refractivity contribution >= 4 is 35.0 Å². The maximum atomic E-state index is 13.0. The topological polar surface area (TPSA) is 104 Å². The first-order valence-corrected chi connectivity index (χ1v) is 11.8. The van der Waals surface area contributed by atoms with Gasteiger partial charge in [0.25, 0.3) is 5.91 Å². The second-order valence-electron chi connectivity index (χ2n) is 8.56. The van der Waals surface area contributed by atoms with Gasteiger partial charge in [-0.15, -0.1) is 0 Å². The van der Waals surface area contributed by atoms with Crippen molar-refractivity contribution in [1.29, 1.82) is 0 Å². The Kier molecular flexibility index (Phi) is 9.26. The molecule has 0 unspecified atom stereocenters. The molecule has 0 saturated carbocycles. The molecule has 3 rings (SSSR count). The number of aromatic nitrogens is 2. The van der Waals surface area contributed by atoms with E-state index in [4.69, 9.17) is 11.6 Å². The minimum Gasteiger partial charge on any atom is -0.478 e. The lowest BCUT2D eigenvalue weighted by Gasteiger charge is -2.13. The zero-order valence-corrected chi connectivity index (χ0v) is 21.7. The van der Waals surface area contributed by atoms with E-state index in [0.29, 0.717) is 38.9 Å². The molecule has 0 saturated heterocycles. The van der Waals surface area contributed by atoms with Gasteiger partial charge in [-0.25, -0.2) is 14.8 Å². The molecule has 0 atom stereocenters. The number of carbonyl (C=O) groups is 2. The van der Waals surface area contributed by atoms with Crippen LogP contribution in [0.2, 0.25) is 5.02 Å². The number of carbonyl (C=O) groups excluding carboxylic acids is 1. The molecule has 1 heterocycles. The number of aromatic carboxylic acids is 1. The van der Waals surface area contributed by atoms with Crippen LogP contribution in [0.3, 0.4) is 0 Å². The number of amides is 1. The summed E-state index contributed by atoms with van der Waals surface area (Å²) in [5.41, 5.74) is 1.44. The fourth-order valence-electron chi connectivity index (χ4n) is 3.44. The van der Waals surface area contributed by atoms with E-state index < -0.39 is 23.6 Å². The van der Waals surface area contributed by atoms with Gasteiger partial charge in [0.05, 0.1) is 16.9 Å². The van der Waals surface area contributed by atoms with Crippen molar-refractivity contribution in [1.82, 2.24) is 9.97 Å². The molecule has 7 nitrogen and oxygen atoms in total. The summed E-state index contributed by atoms with van der Waals surface area (Å²) in [4.78, 5) is 32.5. The highest BCUT2D eigenvalue weighted by molar-refractivity contribution is 6.31. The van der Waals surface area contributed by atoms with Crippen molar-refractivity contribution in [2.45, 2.75) is 20.0 Å². The molecule has 11 heteroatoms. The van der Waals surface area contributed by atoms with Crippen LogP contribution < -0.4 is 10.6 Å². The first-order valence-electron chi connectivity index (χ1n) is 11.5. The van der Waals surface area contributed by atoms with Gasteiger partial charge in [-0.1, -0.05) is 35.9 Å². The maximum absolute atomic E-state index is 13.0. The Morgan fingerprint density at radius 3 is 2.44 bits per heavy atom. The fraction of sp³-hybridized carbons (Fsp3) is 0.143. The quantitative estimate of drug-likeness (QED) is 0.241. The van der Waals surface area contributed by atoms with Crippen molar-refractivity contribution < 1.29 is 27.9 Å². The van der Waals surface area contributed by atoms with Crippen LogP contribution >= 0.6 is 11.6 Å². The lowest BCUT2D eigenvalue weighted by atomic mass is 10.1. The predicted molar refractivity (Wildman–Crippen MR) is 145 cm³/mol. The zero-order valence-electron chi connectivity index (χ0n) is 20.9. The van der Waals surface area contributed by atoms with Crippen LogP contribution in [0.5, 0.6) is 0 Å². The van der Waals surface area contributed by atoms with Crippen molar-refractivity contribution in [2.75, 3.05) is 17.2 Å². The number of nitrogens with zero attached hydrogens (tertiary/aromatic N) is 2. The molecule has 0 aliphatic heterocycles. The maximum Gasteiger partial charge on any atom is 0.412 e. The number of anilines is 2. The normalized spacial score (nSPS) is 12.2. The Hall–Kier alpha value is -4.44. The summed E-state index contributed by atoms with van der Waals surface area (Å²) < 4.78 is 39.1. The summed E-state index contributed by atoms with van der Waals surface area (Å²) in [7, 11) is 0. The second-order valence-corrected chi connectivity index (χ2v) is 9.00. The summed E-state index contributed by atoms with van der Waals surface area (Å²) in [6.07, 6.45) is -0.625. The standard InChI is InChI=1S/C28H24ClF3N4O3/c1-16(2)9-18(10-17(3)28(30,31)32)14-33-25-13-24(34-15-35-25)22-12-21(29)7-8-23(22)36-26(37)19-5-4-6-20(11-19)27(38)39/h4-13,15H,1,14H2,2-3H3,(H,36,37)(H,38,39)(H,33,34,35). The summed E-state index contributed by atoms with van der Waals surface area (Å²) in [6, 6.07) is 11.9. The molecule has 0 aliphatic rings. The first-order chi connectivity index (χ1) is 18.3. The SMILES string of the molecule is C=C(C)C=C(C=C(C)C(F)(F)F)CNc1cc(-c2cc(Cl)ccc2NC(=O)c2cccc(C(=O)O)c2)ncn1. The molecule has 202 valence electrons. The zero-order chi connectivity index (χ0) is 28.7. The van der Waals surface area contributed by atoms with Crippen LogP contribution in [0.1, 0.15) is 34.6 Å². The highest BCUT2D eigenvalue weighted by Gasteiger charge is 2.29. The third-order valence-corrected chi connectivity index (χ3v) is 5.53. The molecule has 0 fully saturated rings. The van der Waals surface area contributed by atoms with E-state index in [-0.39, 0.29) is 17.7 Å². The number of carboxylic acids is 1. The second kappa shape index (κ2) is 12.4. The number of alkyl halides is 3. The molecular weight excluding hydrogens is 533 g/mol. The van der Waals surface area contributed by atoms with Crippen LogP contribution in [0.15, 0.2) is 90.3 Å². The highest BCUT2D eigenvalue weighted by Crippen LogP contribution is 2.31. The third kappa shape index (κ3) is 8.27. The van der Waals surface area contributed by atoms with E-state index in [1.54, 1.807) is 31.2 Å². The molecular formula is C28H24ClF3N4O3. The van der Waals surface area contributed by atoms with Gasteiger partial charge >= 0.3 is 12.1 Å². The summed E-state index contributed by atoms with van der Waals surface area (Å²) in [5, 5.41) is 15.3.